The summed E-state index contributed by atoms with van der Waals surface area (Å²) in [7, 11) is 0. The van der Waals surface area contributed by atoms with Crippen molar-refractivity contribution in [2.45, 2.75) is 0 Å². The molecule has 0 unspecified atom stereocenters. The van der Waals surface area contributed by atoms with Crippen molar-refractivity contribution in [3.8, 4) is 11.3 Å². The first-order valence-corrected chi connectivity index (χ1v) is 4.68. The Labute approximate surface area is 90.9 Å². The number of nitrogen functional groups attached to an aromatic ring is 1. The van der Waals surface area contributed by atoms with Crippen LogP contribution in [-0.4, -0.2) is 9.97 Å². The second kappa shape index (κ2) is 3.52. The molecule has 14 heavy (non-hydrogen) atoms. The summed E-state index contributed by atoms with van der Waals surface area (Å²) in [4.78, 5) is 6.82. The summed E-state index contributed by atoms with van der Waals surface area (Å²) in [6.07, 6.45) is 1.53. The van der Waals surface area contributed by atoms with Crippen molar-refractivity contribution in [2.24, 2.45) is 0 Å². The van der Waals surface area contributed by atoms with Crippen LogP contribution in [0.3, 0.4) is 0 Å². The maximum absolute atomic E-state index is 5.88. The molecule has 0 bridgehead atoms. The zero-order valence-corrected chi connectivity index (χ0v) is 8.60. The zero-order chi connectivity index (χ0) is 10.1. The molecule has 72 valence electrons. The van der Waals surface area contributed by atoms with Gasteiger partial charge < -0.3 is 10.7 Å². The molecule has 2 aromatic rings. The highest BCUT2D eigenvalue weighted by molar-refractivity contribution is 6.42. The van der Waals surface area contributed by atoms with Gasteiger partial charge in [-0.3, -0.25) is 0 Å². The Balaban J connectivity index is 2.53. The molecule has 0 amide bonds. The highest BCUT2D eigenvalue weighted by atomic mass is 35.5. The summed E-state index contributed by atoms with van der Waals surface area (Å²) in [6.45, 7) is 0. The van der Waals surface area contributed by atoms with Gasteiger partial charge in [0.1, 0.15) is 5.82 Å². The van der Waals surface area contributed by atoms with E-state index < -0.39 is 0 Å². The largest absolute Gasteiger partial charge is 0.382 e. The van der Waals surface area contributed by atoms with E-state index in [4.69, 9.17) is 28.9 Å². The Morgan fingerprint density at radius 3 is 2.57 bits per heavy atom. The second-order valence-corrected chi connectivity index (χ2v) is 3.61. The monoisotopic (exact) mass is 227 g/mol. The average molecular weight is 228 g/mol. The fraction of sp³-hybridized carbons (Fsp3) is 0. The molecule has 2 rings (SSSR count). The molecule has 0 radical (unpaired) electrons. The van der Waals surface area contributed by atoms with Crippen LogP contribution in [0.1, 0.15) is 0 Å². The fourth-order valence-electron chi connectivity index (χ4n) is 1.19. The van der Waals surface area contributed by atoms with Crippen LogP contribution in [0.15, 0.2) is 24.5 Å². The Morgan fingerprint density at radius 2 is 2.00 bits per heavy atom. The number of benzene rings is 1. The molecule has 0 aliphatic carbocycles. The van der Waals surface area contributed by atoms with Gasteiger partial charge in [0.2, 0.25) is 0 Å². The summed E-state index contributed by atoms with van der Waals surface area (Å²) >= 11 is 11.7. The highest BCUT2D eigenvalue weighted by Crippen LogP contribution is 2.29. The van der Waals surface area contributed by atoms with Gasteiger partial charge in [0.05, 0.1) is 22.1 Å². The minimum atomic E-state index is 0.448. The van der Waals surface area contributed by atoms with E-state index in [1.165, 1.54) is 6.33 Å². The number of aromatic nitrogens is 2. The third kappa shape index (κ3) is 1.56. The number of halogens is 2. The molecule has 0 saturated heterocycles. The lowest BCUT2D eigenvalue weighted by molar-refractivity contribution is 1.32. The van der Waals surface area contributed by atoms with Gasteiger partial charge in [0.25, 0.3) is 0 Å². The molecule has 0 aliphatic heterocycles. The van der Waals surface area contributed by atoms with Crippen molar-refractivity contribution in [3.63, 3.8) is 0 Å². The number of nitrogens with two attached hydrogens (primary N) is 1. The predicted octanol–water partition coefficient (Wildman–Crippen LogP) is 2.97. The van der Waals surface area contributed by atoms with Gasteiger partial charge in [-0.15, -0.1) is 0 Å². The lowest BCUT2D eigenvalue weighted by Gasteiger charge is -2.01. The standard InChI is InChI=1S/C9H7Cl2N3/c10-6-2-1-5(3-7(6)11)8-9(12)14-4-13-8/h1-4H,12H2,(H,13,14). The second-order valence-electron chi connectivity index (χ2n) is 2.79. The van der Waals surface area contributed by atoms with Crippen molar-refractivity contribution >= 4 is 29.0 Å². The Hall–Kier alpha value is -1.19. The van der Waals surface area contributed by atoms with Gasteiger partial charge in [0, 0.05) is 5.56 Å². The van der Waals surface area contributed by atoms with Crippen molar-refractivity contribution in [2.75, 3.05) is 5.73 Å². The van der Waals surface area contributed by atoms with Crippen LogP contribution < -0.4 is 5.73 Å². The number of hydrogen-bond acceptors (Lipinski definition) is 2. The SMILES string of the molecule is Nc1nc[nH]c1-c1ccc(Cl)c(Cl)c1. The van der Waals surface area contributed by atoms with Crippen LogP contribution in [0.2, 0.25) is 10.0 Å². The van der Waals surface area contributed by atoms with Crippen LogP contribution in [0.5, 0.6) is 0 Å². The van der Waals surface area contributed by atoms with Gasteiger partial charge in [-0.2, -0.15) is 0 Å². The van der Waals surface area contributed by atoms with Gasteiger partial charge in [-0.1, -0.05) is 29.3 Å². The molecular weight excluding hydrogens is 221 g/mol. The molecule has 0 atom stereocenters. The van der Waals surface area contributed by atoms with Crippen LogP contribution in [-0.2, 0) is 0 Å². The van der Waals surface area contributed by atoms with E-state index in [2.05, 4.69) is 9.97 Å². The van der Waals surface area contributed by atoms with Crippen LogP contribution >= 0.6 is 23.2 Å². The lowest BCUT2D eigenvalue weighted by Crippen LogP contribution is -1.88. The van der Waals surface area contributed by atoms with Crippen LogP contribution in [0.4, 0.5) is 5.82 Å². The van der Waals surface area contributed by atoms with Gasteiger partial charge in [0.15, 0.2) is 0 Å². The van der Waals surface area contributed by atoms with Crippen molar-refractivity contribution < 1.29 is 0 Å². The molecule has 5 heteroatoms. The fourth-order valence-corrected chi connectivity index (χ4v) is 1.49. The van der Waals surface area contributed by atoms with Crippen LogP contribution in [0.25, 0.3) is 11.3 Å². The number of nitrogens with zero attached hydrogens (tertiary/aromatic N) is 1. The Bertz CT molecular complexity index is 465. The number of aromatic amines is 1. The van der Waals surface area contributed by atoms with Crippen molar-refractivity contribution in [3.05, 3.63) is 34.6 Å². The Morgan fingerprint density at radius 1 is 1.21 bits per heavy atom. The third-order valence-electron chi connectivity index (χ3n) is 1.88. The summed E-state index contributed by atoms with van der Waals surface area (Å²) < 4.78 is 0. The summed E-state index contributed by atoms with van der Waals surface area (Å²) in [5, 5.41) is 1.02. The van der Waals surface area contributed by atoms with E-state index in [0.29, 0.717) is 15.9 Å². The van der Waals surface area contributed by atoms with Gasteiger partial charge >= 0.3 is 0 Å². The van der Waals surface area contributed by atoms with Crippen LogP contribution in [0, 0.1) is 0 Å². The summed E-state index contributed by atoms with van der Waals surface area (Å²) in [5.74, 6) is 0.448. The van der Waals surface area contributed by atoms with Crippen molar-refractivity contribution in [1.29, 1.82) is 0 Å². The van der Waals surface area contributed by atoms with Gasteiger partial charge in [-0.25, -0.2) is 4.98 Å². The molecule has 3 nitrogen and oxygen atoms in total. The minimum Gasteiger partial charge on any atom is -0.382 e. The first-order chi connectivity index (χ1) is 6.68. The topological polar surface area (TPSA) is 54.7 Å². The third-order valence-corrected chi connectivity index (χ3v) is 2.62. The predicted molar refractivity (Wildman–Crippen MR) is 58.5 cm³/mol. The number of hydrogen-bond donors (Lipinski definition) is 2. The first-order valence-electron chi connectivity index (χ1n) is 3.93. The molecule has 1 heterocycles. The highest BCUT2D eigenvalue weighted by Gasteiger charge is 2.06. The average Bonchev–Trinajstić information content (AvgIpc) is 2.57. The maximum Gasteiger partial charge on any atom is 0.149 e. The summed E-state index contributed by atoms with van der Waals surface area (Å²) in [5.41, 5.74) is 7.27. The molecular formula is C9H7Cl2N3. The van der Waals surface area contributed by atoms with E-state index in [9.17, 15) is 0 Å². The number of rotatable bonds is 1. The van der Waals surface area contributed by atoms with E-state index >= 15 is 0 Å². The number of imidazole rings is 1. The number of H-pyrrole nitrogens is 1. The quantitative estimate of drug-likeness (QED) is 0.788. The summed E-state index contributed by atoms with van der Waals surface area (Å²) in [6, 6.07) is 5.30. The molecule has 3 N–H and O–H groups in total. The van der Waals surface area contributed by atoms with Gasteiger partial charge in [-0.05, 0) is 12.1 Å². The normalized spacial score (nSPS) is 10.4. The lowest BCUT2D eigenvalue weighted by atomic mass is 10.1. The van der Waals surface area contributed by atoms with E-state index in [-0.39, 0.29) is 0 Å². The Kier molecular flexibility index (Phi) is 2.35. The molecule has 1 aromatic carbocycles. The molecule has 0 fully saturated rings. The molecule has 0 saturated carbocycles. The van der Waals surface area contributed by atoms with E-state index in [1.807, 2.05) is 6.07 Å². The smallest absolute Gasteiger partial charge is 0.149 e. The molecule has 1 aromatic heterocycles. The first kappa shape index (κ1) is 9.37. The van der Waals surface area contributed by atoms with E-state index in [0.717, 1.165) is 11.3 Å². The van der Waals surface area contributed by atoms with E-state index in [1.54, 1.807) is 12.1 Å². The van der Waals surface area contributed by atoms with Crippen molar-refractivity contribution in [1.82, 2.24) is 9.97 Å². The number of nitrogens with one attached hydrogen (secondary N) is 1. The molecule has 0 spiro atoms. The molecule has 0 aliphatic rings. The maximum atomic E-state index is 5.88. The number of anilines is 1. The zero-order valence-electron chi connectivity index (χ0n) is 7.09. The minimum absolute atomic E-state index is 0.448.